The number of nitrogens with one attached hydrogen (secondary N) is 1. The highest BCUT2D eigenvalue weighted by Crippen LogP contribution is 2.40. The third-order valence-corrected chi connectivity index (χ3v) is 4.45. The standard InChI is InChI=1S/C12H23NO2S/c1-9(2)13-12(10(14)15-5)6-11(3,4)7-16-8-12/h9,13H,6-8H2,1-5H3. The molecule has 0 saturated carbocycles. The van der Waals surface area contributed by atoms with Gasteiger partial charge >= 0.3 is 5.97 Å². The van der Waals surface area contributed by atoms with Crippen LogP contribution >= 0.6 is 11.8 Å². The van der Waals surface area contributed by atoms with Gasteiger partial charge in [0.2, 0.25) is 0 Å². The SMILES string of the molecule is COC(=O)C1(NC(C)C)CSCC(C)(C)C1. The largest absolute Gasteiger partial charge is 0.468 e. The summed E-state index contributed by atoms with van der Waals surface area (Å²) in [5, 5.41) is 3.41. The average Bonchev–Trinajstić information content (AvgIpc) is 2.13. The molecule has 0 aromatic carbocycles. The summed E-state index contributed by atoms with van der Waals surface area (Å²) in [4.78, 5) is 12.0. The Balaban J connectivity index is 2.90. The van der Waals surface area contributed by atoms with Crippen LogP contribution in [-0.4, -0.2) is 36.2 Å². The monoisotopic (exact) mass is 245 g/mol. The lowest BCUT2D eigenvalue weighted by molar-refractivity contribution is -0.149. The van der Waals surface area contributed by atoms with Crippen LogP contribution in [0.15, 0.2) is 0 Å². The van der Waals surface area contributed by atoms with Gasteiger partial charge < -0.3 is 4.74 Å². The molecule has 1 heterocycles. The molecule has 94 valence electrons. The molecule has 1 rings (SSSR count). The van der Waals surface area contributed by atoms with E-state index in [1.165, 1.54) is 7.11 Å². The van der Waals surface area contributed by atoms with Gasteiger partial charge in [-0.05, 0) is 31.4 Å². The first-order valence-corrected chi connectivity index (χ1v) is 6.91. The molecule has 0 bridgehead atoms. The summed E-state index contributed by atoms with van der Waals surface area (Å²) in [6, 6.07) is 0.286. The van der Waals surface area contributed by atoms with Crippen LogP contribution < -0.4 is 5.32 Å². The van der Waals surface area contributed by atoms with Gasteiger partial charge in [0.1, 0.15) is 5.54 Å². The van der Waals surface area contributed by atoms with Gasteiger partial charge in [0.25, 0.3) is 0 Å². The maximum Gasteiger partial charge on any atom is 0.326 e. The first-order valence-electron chi connectivity index (χ1n) is 5.75. The molecule has 1 N–H and O–H groups in total. The van der Waals surface area contributed by atoms with Crippen molar-refractivity contribution in [3.63, 3.8) is 0 Å². The van der Waals surface area contributed by atoms with Crippen molar-refractivity contribution < 1.29 is 9.53 Å². The number of hydrogen-bond acceptors (Lipinski definition) is 4. The molecule has 1 saturated heterocycles. The molecule has 1 fully saturated rings. The lowest BCUT2D eigenvalue weighted by atomic mass is 9.79. The van der Waals surface area contributed by atoms with Crippen molar-refractivity contribution in [2.24, 2.45) is 5.41 Å². The average molecular weight is 245 g/mol. The quantitative estimate of drug-likeness (QED) is 0.772. The van der Waals surface area contributed by atoms with E-state index in [0.29, 0.717) is 0 Å². The second kappa shape index (κ2) is 4.96. The van der Waals surface area contributed by atoms with E-state index >= 15 is 0 Å². The number of carbonyl (C=O) groups excluding carboxylic acids is 1. The molecule has 0 radical (unpaired) electrons. The summed E-state index contributed by atoms with van der Waals surface area (Å²) >= 11 is 1.83. The van der Waals surface area contributed by atoms with Crippen molar-refractivity contribution in [1.82, 2.24) is 5.32 Å². The number of esters is 1. The van der Waals surface area contributed by atoms with Gasteiger partial charge in [0.05, 0.1) is 7.11 Å². The molecule has 1 unspecified atom stereocenters. The van der Waals surface area contributed by atoms with Gasteiger partial charge in [0, 0.05) is 11.8 Å². The molecule has 1 aliphatic heterocycles. The second-order valence-electron chi connectivity index (χ2n) is 5.71. The Morgan fingerprint density at radius 1 is 1.38 bits per heavy atom. The van der Waals surface area contributed by atoms with E-state index in [9.17, 15) is 4.79 Å². The Morgan fingerprint density at radius 3 is 2.44 bits per heavy atom. The fourth-order valence-corrected chi connectivity index (χ4v) is 3.86. The highest BCUT2D eigenvalue weighted by atomic mass is 32.2. The third kappa shape index (κ3) is 3.14. The zero-order valence-electron chi connectivity index (χ0n) is 10.9. The Hall–Kier alpha value is -0.220. The van der Waals surface area contributed by atoms with Gasteiger partial charge in [-0.2, -0.15) is 11.8 Å². The van der Waals surface area contributed by atoms with Crippen molar-refractivity contribution in [3.8, 4) is 0 Å². The molecular weight excluding hydrogens is 222 g/mol. The molecule has 0 spiro atoms. The van der Waals surface area contributed by atoms with Crippen molar-refractivity contribution in [2.75, 3.05) is 18.6 Å². The van der Waals surface area contributed by atoms with Crippen LogP contribution in [0.1, 0.15) is 34.1 Å². The van der Waals surface area contributed by atoms with Gasteiger partial charge in [-0.15, -0.1) is 0 Å². The summed E-state index contributed by atoms with van der Waals surface area (Å²) in [5.41, 5.74) is -0.325. The predicted octanol–water partition coefficient (Wildman–Crippen LogP) is 2.06. The molecular formula is C12H23NO2S. The van der Waals surface area contributed by atoms with E-state index in [1.807, 2.05) is 11.8 Å². The van der Waals surface area contributed by atoms with Crippen molar-refractivity contribution in [2.45, 2.75) is 45.7 Å². The van der Waals surface area contributed by atoms with E-state index in [-0.39, 0.29) is 17.4 Å². The summed E-state index contributed by atoms with van der Waals surface area (Å²) in [5.74, 6) is 1.79. The number of hydrogen-bond donors (Lipinski definition) is 1. The van der Waals surface area contributed by atoms with Crippen LogP contribution in [0.5, 0.6) is 0 Å². The minimum atomic E-state index is -0.505. The molecule has 0 aromatic heterocycles. The minimum Gasteiger partial charge on any atom is -0.468 e. The van der Waals surface area contributed by atoms with E-state index < -0.39 is 5.54 Å². The summed E-state index contributed by atoms with van der Waals surface area (Å²) in [6.07, 6.45) is 0.845. The van der Waals surface area contributed by atoms with Crippen LogP contribution in [0.4, 0.5) is 0 Å². The van der Waals surface area contributed by atoms with E-state index in [2.05, 4.69) is 33.0 Å². The Kier molecular flexibility index (Phi) is 4.29. The highest BCUT2D eigenvalue weighted by Gasteiger charge is 2.47. The van der Waals surface area contributed by atoms with Crippen molar-refractivity contribution in [3.05, 3.63) is 0 Å². The van der Waals surface area contributed by atoms with Gasteiger partial charge in [-0.3, -0.25) is 10.1 Å². The smallest absolute Gasteiger partial charge is 0.326 e. The number of methoxy groups -OCH3 is 1. The van der Waals surface area contributed by atoms with Crippen LogP contribution in [0.3, 0.4) is 0 Å². The highest BCUT2D eigenvalue weighted by molar-refractivity contribution is 7.99. The Labute approximate surface area is 103 Å². The van der Waals surface area contributed by atoms with Crippen LogP contribution in [0.2, 0.25) is 0 Å². The minimum absolute atomic E-state index is 0.124. The maximum atomic E-state index is 12.0. The van der Waals surface area contributed by atoms with Gasteiger partial charge in [0.15, 0.2) is 0 Å². The van der Waals surface area contributed by atoms with E-state index in [1.54, 1.807) is 0 Å². The fourth-order valence-electron chi connectivity index (χ4n) is 2.45. The van der Waals surface area contributed by atoms with Crippen LogP contribution in [0.25, 0.3) is 0 Å². The summed E-state index contributed by atoms with van der Waals surface area (Å²) in [6.45, 7) is 8.55. The topological polar surface area (TPSA) is 38.3 Å². The third-order valence-electron chi connectivity index (χ3n) is 2.76. The first kappa shape index (κ1) is 13.8. The maximum absolute atomic E-state index is 12.0. The van der Waals surface area contributed by atoms with E-state index in [0.717, 1.165) is 17.9 Å². The normalized spacial score (nSPS) is 29.1. The Morgan fingerprint density at radius 2 is 2.00 bits per heavy atom. The number of carbonyl (C=O) groups is 1. The molecule has 0 amide bonds. The number of ether oxygens (including phenoxy) is 1. The molecule has 1 aliphatic rings. The molecule has 16 heavy (non-hydrogen) atoms. The van der Waals surface area contributed by atoms with Crippen molar-refractivity contribution in [1.29, 1.82) is 0 Å². The van der Waals surface area contributed by atoms with Crippen LogP contribution in [-0.2, 0) is 9.53 Å². The lowest BCUT2D eigenvalue weighted by Crippen LogP contribution is -2.61. The lowest BCUT2D eigenvalue weighted by Gasteiger charge is -2.43. The zero-order chi connectivity index (χ0) is 12.4. The molecule has 1 atom stereocenters. The molecule has 4 heteroatoms. The van der Waals surface area contributed by atoms with Gasteiger partial charge in [-0.1, -0.05) is 13.8 Å². The van der Waals surface area contributed by atoms with Crippen LogP contribution in [0, 0.1) is 5.41 Å². The van der Waals surface area contributed by atoms with Crippen molar-refractivity contribution >= 4 is 17.7 Å². The molecule has 0 aromatic rings. The summed E-state index contributed by atoms with van der Waals surface area (Å²) in [7, 11) is 1.47. The Bertz CT molecular complexity index is 266. The fraction of sp³-hybridized carbons (Fsp3) is 0.917. The van der Waals surface area contributed by atoms with Gasteiger partial charge in [-0.25, -0.2) is 0 Å². The predicted molar refractivity (Wildman–Crippen MR) is 68.7 cm³/mol. The molecule has 0 aliphatic carbocycles. The van der Waals surface area contributed by atoms with E-state index in [4.69, 9.17) is 4.74 Å². The zero-order valence-corrected chi connectivity index (χ0v) is 11.7. The summed E-state index contributed by atoms with van der Waals surface area (Å²) < 4.78 is 4.97. The first-order chi connectivity index (χ1) is 7.31. The number of rotatable bonds is 3. The second-order valence-corrected chi connectivity index (χ2v) is 6.69. The molecule has 3 nitrogen and oxygen atoms in total. The number of thioether (sulfide) groups is 1.